The van der Waals surface area contributed by atoms with Crippen LogP contribution in [0.15, 0.2) is 47.8 Å². The molecular formula is C26H27N7O3S2. The van der Waals surface area contributed by atoms with Crippen LogP contribution in [0, 0.1) is 25.2 Å². The molecule has 2 aromatic heterocycles. The van der Waals surface area contributed by atoms with Gasteiger partial charge in [-0.05, 0) is 85.7 Å². The summed E-state index contributed by atoms with van der Waals surface area (Å²) in [5, 5.41) is 20.6. The first-order valence-corrected chi connectivity index (χ1v) is 14.5. The fourth-order valence-corrected chi connectivity index (χ4v) is 5.83. The maximum atomic E-state index is 11.2. The van der Waals surface area contributed by atoms with Crippen molar-refractivity contribution in [2.24, 2.45) is 5.14 Å². The van der Waals surface area contributed by atoms with Gasteiger partial charge >= 0.3 is 0 Å². The van der Waals surface area contributed by atoms with Gasteiger partial charge in [0.15, 0.2) is 0 Å². The Labute approximate surface area is 225 Å². The first-order chi connectivity index (χ1) is 18.2. The first kappa shape index (κ1) is 25.7. The number of nitriles is 1. The lowest BCUT2D eigenvalue weighted by atomic mass is 10.0. The Morgan fingerprint density at radius 3 is 2.42 bits per heavy atom. The van der Waals surface area contributed by atoms with Gasteiger partial charge in [0.05, 0.1) is 17.0 Å². The highest BCUT2D eigenvalue weighted by Crippen LogP contribution is 2.35. The third-order valence-electron chi connectivity index (χ3n) is 6.40. The highest BCUT2D eigenvalue weighted by Gasteiger charge is 2.22. The molecule has 3 heterocycles. The van der Waals surface area contributed by atoms with Crippen LogP contribution in [0.3, 0.4) is 0 Å². The Morgan fingerprint density at radius 1 is 1.11 bits per heavy atom. The fourth-order valence-electron chi connectivity index (χ4n) is 4.61. The number of nitrogens with zero attached hydrogens (tertiary/aromatic N) is 4. The third-order valence-corrected chi connectivity index (χ3v) is 7.73. The zero-order chi connectivity index (χ0) is 26.9. The highest BCUT2D eigenvalue weighted by atomic mass is 32.2. The van der Waals surface area contributed by atoms with Crippen molar-refractivity contribution < 1.29 is 13.2 Å². The molecule has 0 radical (unpaired) electrons. The van der Waals surface area contributed by atoms with Crippen LogP contribution >= 0.6 is 11.3 Å². The van der Waals surface area contributed by atoms with Crippen LogP contribution in [0.2, 0.25) is 0 Å². The normalized spacial score (nSPS) is 14.3. The van der Waals surface area contributed by atoms with E-state index < -0.39 is 10.2 Å². The first-order valence-electron chi connectivity index (χ1n) is 12.0. The Balaban J connectivity index is 1.28. The molecule has 10 nitrogen and oxygen atoms in total. The number of piperidine rings is 1. The molecule has 0 atom stereocenters. The predicted octanol–water partition coefficient (Wildman–Crippen LogP) is 4.67. The molecule has 0 spiro atoms. The van der Waals surface area contributed by atoms with Crippen molar-refractivity contribution >= 4 is 49.1 Å². The molecule has 1 fully saturated rings. The minimum atomic E-state index is -3.79. The van der Waals surface area contributed by atoms with Gasteiger partial charge < -0.3 is 15.0 Å². The van der Waals surface area contributed by atoms with Gasteiger partial charge in [-0.3, -0.25) is 4.72 Å². The summed E-state index contributed by atoms with van der Waals surface area (Å²) < 4.78 is 31.0. The summed E-state index contributed by atoms with van der Waals surface area (Å²) in [6.45, 7) is 5.50. The van der Waals surface area contributed by atoms with E-state index in [9.17, 15) is 13.7 Å². The number of fused-ring (bicyclic) bond motifs is 1. The molecule has 2 aromatic carbocycles. The summed E-state index contributed by atoms with van der Waals surface area (Å²) in [4.78, 5) is 12.5. The molecule has 12 heteroatoms. The Bertz CT molecular complexity index is 1600. The number of anilines is 3. The Kier molecular flexibility index (Phi) is 7.07. The number of benzene rings is 2. The molecule has 38 heavy (non-hydrogen) atoms. The van der Waals surface area contributed by atoms with Crippen molar-refractivity contribution in [3.63, 3.8) is 0 Å². The summed E-state index contributed by atoms with van der Waals surface area (Å²) in [6.07, 6.45) is 1.76. The van der Waals surface area contributed by atoms with Crippen molar-refractivity contribution in [1.29, 1.82) is 5.26 Å². The molecule has 0 saturated carbocycles. The van der Waals surface area contributed by atoms with Crippen LogP contribution in [0.4, 0.5) is 17.3 Å². The quantitative estimate of drug-likeness (QED) is 0.301. The number of ether oxygens (including phenoxy) is 1. The van der Waals surface area contributed by atoms with E-state index in [-0.39, 0.29) is 6.04 Å². The summed E-state index contributed by atoms with van der Waals surface area (Å²) in [6, 6.07) is 15.1. The third kappa shape index (κ3) is 5.80. The van der Waals surface area contributed by atoms with Crippen LogP contribution in [-0.2, 0) is 10.2 Å². The van der Waals surface area contributed by atoms with Crippen LogP contribution in [0.25, 0.3) is 10.2 Å². The maximum Gasteiger partial charge on any atom is 0.296 e. The summed E-state index contributed by atoms with van der Waals surface area (Å²) in [5.41, 5.74) is 3.79. The van der Waals surface area contributed by atoms with Gasteiger partial charge in [0.2, 0.25) is 11.8 Å². The van der Waals surface area contributed by atoms with Gasteiger partial charge in [0.25, 0.3) is 10.2 Å². The number of aryl methyl sites for hydroxylation is 2. The number of nitrogens with one attached hydrogen (secondary N) is 2. The second-order valence-electron chi connectivity index (χ2n) is 9.24. The van der Waals surface area contributed by atoms with Gasteiger partial charge in [-0.1, -0.05) is 0 Å². The van der Waals surface area contributed by atoms with Gasteiger partial charge in [-0.25, -0.2) is 10.1 Å². The van der Waals surface area contributed by atoms with E-state index in [2.05, 4.69) is 21.0 Å². The standard InChI is InChI=1S/C26H27N7O3S2/c1-16-13-18(15-27)14-17(2)23(16)36-24-22-9-12-37-25(22)31-26(30-24)29-19-7-10-33(11-8-19)21-5-3-20(4-6-21)32-38(28,34)35/h3-6,9,12-14,19,32H,7-8,10-11H2,1-2H3,(H2,28,34,35)(H,29,30,31). The largest absolute Gasteiger partial charge is 0.438 e. The topological polar surface area (TPSA) is 146 Å². The van der Waals surface area contributed by atoms with Crippen molar-refractivity contribution in [3.8, 4) is 17.7 Å². The van der Waals surface area contributed by atoms with Crippen molar-refractivity contribution in [3.05, 3.63) is 64.5 Å². The smallest absolute Gasteiger partial charge is 0.296 e. The average Bonchev–Trinajstić information content (AvgIpc) is 3.35. The van der Waals surface area contributed by atoms with E-state index in [1.807, 2.05) is 49.6 Å². The highest BCUT2D eigenvalue weighted by molar-refractivity contribution is 7.90. The van der Waals surface area contributed by atoms with Crippen LogP contribution in [0.5, 0.6) is 11.6 Å². The number of nitrogens with two attached hydrogens (primary N) is 1. The lowest BCUT2D eigenvalue weighted by Gasteiger charge is -2.34. The number of hydrogen-bond donors (Lipinski definition) is 3. The lowest BCUT2D eigenvalue weighted by molar-refractivity contribution is 0.460. The number of rotatable bonds is 7. The van der Waals surface area contributed by atoms with Crippen molar-refractivity contribution in [2.75, 3.05) is 28.0 Å². The van der Waals surface area contributed by atoms with E-state index in [0.29, 0.717) is 28.8 Å². The number of thiophene rings is 1. The van der Waals surface area contributed by atoms with E-state index in [4.69, 9.17) is 19.8 Å². The molecule has 0 aliphatic carbocycles. The van der Waals surface area contributed by atoms with Crippen molar-refractivity contribution in [1.82, 2.24) is 9.97 Å². The van der Waals surface area contributed by atoms with E-state index >= 15 is 0 Å². The number of aromatic nitrogens is 2. The van der Waals surface area contributed by atoms with Crippen LogP contribution < -0.4 is 24.8 Å². The second kappa shape index (κ2) is 10.4. The summed E-state index contributed by atoms with van der Waals surface area (Å²) in [7, 11) is -3.79. The van der Waals surface area contributed by atoms with E-state index in [0.717, 1.165) is 53.0 Å². The Hall–Kier alpha value is -3.92. The van der Waals surface area contributed by atoms with Crippen molar-refractivity contribution in [2.45, 2.75) is 32.7 Å². The van der Waals surface area contributed by atoms with Crippen LogP contribution in [-0.4, -0.2) is 37.5 Å². The zero-order valence-electron chi connectivity index (χ0n) is 20.9. The van der Waals surface area contributed by atoms with E-state index in [1.165, 1.54) is 11.3 Å². The molecule has 0 amide bonds. The molecule has 1 aliphatic heterocycles. The number of hydrogen-bond acceptors (Lipinski definition) is 9. The minimum Gasteiger partial charge on any atom is -0.438 e. The lowest BCUT2D eigenvalue weighted by Crippen LogP contribution is -2.39. The molecule has 4 N–H and O–H groups in total. The molecule has 4 aromatic rings. The molecule has 1 aliphatic rings. The molecule has 5 rings (SSSR count). The summed E-state index contributed by atoms with van der Waals surface area (Å²) >= 11 is 1.53. The molecular weight excluding hydrogens is 522 g/mol. The monoisotopic (exact) mass is 549 g/mol. The maximum absolute atomic E-state index is 11.2. The van der Waals surface area contributed by atoms with Crippen LogP contribution in [0.1, 0.15) is 29.5 Å². The minimum absolute atomic E-state index is 0.193. The molecule has 0 bridgehead atoms. The average molecular weight is 550 g/mol. The summed E-state index contributed by atoms with van der Waals surface area (Å²) in [5.74, 6) is 1.70. The van der Waals surface area contributed by atoms with Gasteiger partial charge in [0.1, 0.15) is 10.6 Å². The predicted molar refractivity (Wildman–Crippen MR) is 150 cm³/mol. The molecule has 0 unspecified atom stereocenters. The SMILES string of the molecule is Cc1cc(C#N)cc(C)c1Oc1nc(NC2CCN(c3ccc(NS(N)(=O)=O)cc3)CC2)nc2sccc12. The van der Waals surface area contributed by atoms with E-state index in [1.54, 1.807) is 12.1 Å². The molecule has 196 valence electrons. The second-order valence-corrected chi connectivity index (χ2v) is 11.4. The Morgan fingerprint density at radius 2 is 1.79 bits per heavy atom. The van der Waals surface area contributed by atoms with Gasteiger partial charge in [0, 0.05) is 30.5 Å². The zero-order valence-corrected chi connectivity index (χ0v) is 22.6. The van der Waals surface area contributed by atoms with Gasteiger partial charge in [-0.15, -0.1) is 11.3 Å². The van der Waals surface area contributed by atoms with Gasteiger partial charge in [-0.2, -0.15) is 18.7 Å². The fraction of sp³-hybridized carbons (Fsp3) is 0.269. The molecule has 1 saturated heterocycles.